The average molecular weight is 860 g/mol. The first-order valence-corrected chi connectivity index (χ1v) is 19.7. The van der Waals surface area contributed by atoms with E-state index in [0.29, 0.717) is 41.5 Å². The Morgan fingerprint density at radius 1 is 1.03 bits per heavy atom. The Bertz CT molecular complexity index is 2620. The second-order valence-electron chi connectivity index (χ2n) is 13.8. The number of nitrogens with one attached hydrogen (secondary N) is 1. The lowest BCUT2D eigenvalue weighted by Crippen LogP contribution is -2.32. The molecule has 4 aromatic heterocycles. The van der Waals surface area contributed by atoms with Crippen LogP contribution in [0, 0.1) is 0 Å². The van der Waals surface area contributed by atoms with Crippen LogP contribution in [0.2, 0.25) is 0 Å². The summed E-state index contributed by atoms with van der Waals surface area (Å²) in [6, 6.07) is 12.7. The minimum atomic E-state index is -0.913. The number of esters is 2. The van der Waals surface area contributed by atoms with E-state index in [0.717, 1.165) is 18.2 Å². The number of carbonyl (C=O) groups excluding carboxylic acids is 3. The van der Waals surface area contributed by atoms with Crippen molar-refractivity contribution < 1.29 is 38.1 Å². The number of benzene rings is 2. The van der Waals surface area contributed by atoms with E-state index in [1.54, 1.807) is 47.2 Å². The highest BCUT2D eigenvalue weighted by Crippen LogP contribution is 2.37. The number of fused-ring (bicyclic) bond motifs is 2. The molecule has 0 amide bonds. The Balaban J connectivity index is 1.08. The van der Waals surface area contributed by atoms with E-state index >= 15 is 0 Å². The fraction of sp³-hybridized carbons (Fsp3) is 0.359. The molecule has 0 aliphatic carbocycles. The number of carbonyl (C=O) groups is 3. The topological polar surface area (TPSA) is 250 Å². The largest absolute Gasteiger partial charge is 0.508 e. The first kappa shape index (κ1) is 40.0. The van der Waals surface area contributed by atoms with Crippen LogP contribution in [0.4, 0.5) is 5.95 Å². The van der Waals surface area contributed by atoms with E-state index in [-0.39, 0.29) is 71.6 Å². The number of anilines is 1. The lowest BCUT2D eigenvalue weighted by atomic mass is 10.1. The number of alkyl halides is 1. The Morgan fingerprint density at radius 3 is 2.67 bits per heavy atom. The molecule has 1 saturated heterocycles. The zero-order chi connectivity index (χ0) is 40.9. The second kappa shape index (κ2) is 17.5. The van der Waals surface area contributed by atoms with Gasteiger partial charge in [0, 0.05) is 47.2 Å². The molecule has 4 N–H and O–H groups in total. The highest BCUT2D eigenvalue weighted by Gasteiger charge is 2.41. The SMILES string of the molecule is CC(=O)c1cccc(-c2nc3c(=O)[nH]c(N)nc3n2[C@H]2C[C@H](OC(=O)CCCc3cn(-c4cc5ccc(O)cc5oc4=O)nn3)[C@@H](COC(=O)CCCCCBr)O2)c1. The van der Waals surface area contributed by atoms with Crippen LogP contribution in [-0.2, 0) is 30.2 Å². The molecule has 18 nitrogen and oxygen atoms in total. The third kappa shape index (κ3) is 8.99. The molecule has 302 valence electrons. The maximum atomic E-state index is 13.4. The van der Waals surface area contributed by atoms with Gasteiger partial charge in [0.25, 0.3) is 5.56 Å². The number of ketones is 1. The molecular weight excluding hydrogens is 820 g/mol. The molecule has 7 rings (SSSR count). The third-order valence-electron chi connectivity index (χ3n) is 9.57. The molecule has 0 radical (unpaired) electrons. The van der Waals surface area contributed by atoms with Crippen LogP contribution < -0.4 is 16.9 Å². The molecule has 58 heavy (non-hydrogen) atoms. The van der Waals surface area contributed by atoms with E-state index in [2.05, 4.69) is 41.2 Å². The van der Waals surface area contributed by atoms with Crippen molar-refractivity contribution in [2.45, 2.75) is 76.7 Å². The van der Waals surface area contributed by atoms with Gasteiger partial charge in [-0.15, -0.1) is 5.10 Å². The third-order valence-corrected chi connectivity index (χ3v) is 10.1. The molecule has 19 heteroatoms. The summed E-state index contributed by atoms with van der Waals surface area (Å²) in [5, 5.41) is 19.3. The van der Waals surface area contributed by atoms with Crippen molar-refractivity contribution in [3.05, 3.63) is 86.8 Å². The summed E-state index contributed by atoms with van der Waals surface area (Å²) in [5.41, 5.74) is 6.57. The Hall–Kier alpha value is -6.21. The number of H-pyrrole nitrogens is 1. The van der Waals surface area contributed by atoms with Crippen LogP contribution in [0.25, 0.3) is 39.2 Å². The summed E-state index contributed by atoms with van der Waals surface area (Å²) >= 11 is 3.39. The van der Waals surface area contributed by atoms with E-state index in [1.807, 2.05) is 0 Å². The summed E-state index contributed by atoms with van der Waals surface area (Å²) in [6.07, 6.45) is 2.20. The quantitative estimate of drug-likeness (QED) is 0.0393. The van der Waals surface area contributed by atoms with Crippen LogP contribution in [0.1, 0.15) is 74.1 Å². The van der Waals surface area contributed by atoms with Crippen LogP contribution in [0.5, 0.6) is 5.75 Å². The number of unbranched alkanes of at least 4 members (excludes halogenated alkanes) is 2. The Kier molecular flexibility index (Phi) is 12.1. The number of hydrogen-bond donors (Lipinski definition) is 3. The molecule has 6 aromatic rings. The number of halogens is 1. The van der Waals surface area contributed by atoms with E-state index in [9.17, 15) is 29.1 Å². The molecule has 5 heterocycles. The van der Waals surface area contributed by atoms with Gasteiger partial charge >= 0.3 is 17.6 Å². The summed E-state index contributed by atoms with van der Waals surface area (Å²) in [5.74, 6) is -1.07. The monoisotopic (exact) mass is 858 g/mol. The molecule has 0 spiro atoms. The van der Waals surface area contributed by atoms with Crippen LogP contribution in [0.3, 0.4) is 0 Å². The molecule has 3 atom stereocenters. The number of phenols is 1. The number of aryl methyl sites for hydroxylation is 1. The second-order valence-corrected chi connectivity index (χ2v) is 14.6. The van der Waals surface area contributed by atoms with Crippen molar-refractivity contribution in [1.82, 2.24) is 34.5 Å². The van der Waals surface area contributed by atoms with Gasteiger partial charge in [0.2, 0.25) is 5.95 Å². The van der Waals surface area contributed by atoms with Crippen LogP contribution in [0.15, 0.2) is 68.7 Å². The minimum absolute atomic E-state index is 0.0136. The molecule has 1 aliphatic heterocycles. The summed E-state index contributed by atoms with van der Waals surface area (Å²) < 4.78 is 26.2. The van der Waals surface area contributed by atoms with Gasteiger partial charge in [-0.1, -0.05) is 45.8 Å². The molecule has 0 saturated carbocycles. The fourth-order valence-electron chi connectivity index (χ4n) is 6.70. The van der Waals surface area contributed by atoms with Gasteiger partial charge in [-0.3, -0.25) is 28.7 Å². The van der Waals surface area contributed by atoms with Gasteiger partial charge < -0.3 is 29.5 Å². The van der Waals surface area contributed by atoms with Gasteiger partial charge in [-0.25, -0.2) is 14.5 Å². The first-order chi connectivity index (χ1) is 28.0. The summed E-state index contributed by atoms with van der Waals surface area (Å²) in [7, 11) is 0. The van der Waals surface area contributed by atoms with E-state index < -0.39 is 41.6 Å². The number of nitrogen functional groups attached to an aromatic ring is 1. The number of hydrogen-bond acceptors (Lipinski definition) is 15. The maximum absolute atomic E-state index is 13.4. The zero-order valence-electron chi connectivity index (χ0n) is 31.3. The highest BCUT2D eigenvalue weighted by molar-refractivity contribution is 9.09. The minimum Gasteiger partial charge on any atom is -0.508 e. The van der Waals surface area contributed by atoms with E-state index in [1.165, 1.54) is 23.7 Å². The Morgan fingerprint density at radius 2 is 1.86 bits per heavy atom. The number of aromatic amines is 1. The molecule has 1 fully saturated rings. The van der Waals surface area contributed by atoms with Gasteiger partial charge in [0.15, 0.2) is 22.6 Å². The number of aromatic hydroxyl groups is 1. The molecular formula is C39H39BrN8O10. The van der Waals surface area contributed by atoms with Crippen molar-refractivity contribution in [2.75, 3.05) is 17.7 Å². The predicted octanol–water partition coefficient (Wildman–Crippen LogP) is 4.68. The number of rotatable bonds is 16. The number of ether oxygens (including phenoxy) is 3. The fourth-order valence-corrected chi connectivity index (χ4v) is 7.09. The summed E-state index contributed by atoms with van der Waals surface area (Å²) in [6.45, 7) is 1.22. The van der Waals surface area contributed by atoms with Crippen molar-refractivity contribution >= 4 is 61.7 Å². The lowest BCUT2D eigenvalue weighted by molar-refractivity contribution is -0.158. The van der Waals surface area contributed by atoms with Gasteiger partial charge in [-0.2, -0.15) is 4.98 Å². The Labute approximate surface area is 337 Å². The van der Waals surface area contributed by atoms with E-state index in [4.69, 9.17) is 24.4 Å². The van der Waals surface area contributed by atoms with Gasteiger partial charge in [-0.05, 0) is 56.9 Å². The lowest BCUT2D eigenvalue weighted by Gasteiger charge is -2.19. The molecule has 2 aromatic carbocycles. The molecule has 0 unspecified atom stereocenters. The van der Waals surface area contributed by atoms with Crippen LogP contribution >= 0.6 is 15.9 Å². The summed E-state index contributed by atoms with van der Waals surface area (Å²) in [4.78, 5) is 75.4. The van der Waals surface area contributed by atoms with Crippen molar-refractivity contribution in [1.29, 1.82) is 0 Å². The van der Waals surface area contributed by atoms with Crippen molar-refractivity contribution in [3.63, 3.8) is 0 Å². The number of aromatic nitrogens is 7. The normalized spacial score (nSPS) is 16.6. The smallest absolute Gasteiger partial charge is 0.362 e. The highest BCUT2D eigenvalue weighted by atomic mass is 79.9. The standard InChI is InChI=1S/C39H39BrN8O10/c1-21(49)22-7-5-8-24(15-22)35-42-34-36(43-39(41)44-37(34)53)48(35)31-18-29(30(56-31)20-55-32(51)10-3-2-4-14-40)57-33(52)11-6-9-25-19-47(46-45-25)27-16-23-12-13-26(50)17-28(23)58-38(27)54/h5,7-8,12-13,15-17,19,29-31,50H,2-4,6,9-11,14,18,20H2,1H3,(H3,41,43,44,53)/t29-,30+,31+/m0/s1. The number of imidazole rings is 1. The van der Waals surface area contributed by atoms with Gasteiger partial charge in [0.1, 0.15) is 42.2 Å². The predicted molar refractivity (Wildman–Crippen MR) is 212 cm³/mol. The maximum Gasteiger partial charge on any atom is 0.362 e. The molecule has 0 bridgehead atoms. The first-order valence-electron chi connectivity index (χ1n) is 18.6. The average Bonchev–Trinajstić information content (AvgIpc) is 3.93. The van der Waals surface area contributed by atoms with Gasteiger partial charge in [0.05, 0.1) is 11.9 Å². The zero-order valence-corrected chi connectivity index (χ0v) is 32.8. The number of phenolic OH excluding ortho intramolecular Hbond substituents is 1. The van der Waals surface area contributed by atoms with Crippen LogP contribution in [-0.4, -0.2) is 81.5 Å². The number of nitrogens with zero attached hydrogens (tertiary/aromatic N) is 6. The number of nitrogens with two attached hydrogens (primary N) is 1. The van der Waals surface area contributed by atoms with Crippen molar-refractivity contribution in [2.24, 2.45) is 0 Å². The number of Topliss-reactive ketones (excluding diaryl/α,β-unsaturated/α-hetero) is 1. The van der Waals surface area contributed by atoms with Crippen molar-refractivity contribution in [3.8, 4) is 22.8 Å². The molecule has 1 aliphatic rings.